The third-order valence-electron chi connectivity index (χ3n) is 2.40. The Kier molecular flexibility index (Phi) is 3.23. The van der Waals surface area contributed by atoms with Crippen LogP contribution in [0, 0.1) is 6.92 Å². The van der Waals surface area contributed by atoms with Crippen molar-refractivity contribution < 1.29 is 9.53 Å². The molecule has 88 valence electrons. The van der Waals surface area contributed by atoms with Gasteiger partial charge in [0.2, 0.25) is 0 Å². The van der Waals surface area contributed by atoms with Crippen molar-refractivity contribution in [3.63, 3.8) is 0 Å². The minimum atomic E-state index is -0.386. The number of benzene rings is 1. The van der Waals surface area contributed by atoms with Crippen LogP contribution in [0.5, 0.6) is 0 Å². The maximum absolute atomic E-state index is 11.6. The molecule has 0 amide bonds. The SMILES string of the molecule is CCOC(=O)c1nc(-c2ccccc2)[nH]c1C. The van der Waals surface area contributed by atoms with Gasteiger partial charge in [0.1, 0.15) is 5.82 Å². The highest BCUT2D eigenvalue weighted by atomic mass is 16.5. The van der Waals surface area contributed by atoms with Gasteiger partial charge in [-0.05, 0) is 13.8 Å². The Labute approximate surface area is 99.7 Å². The summed E-state index contributed by atoms with van der Waals surface area (Å²) in [5.74, 6) is 0.301. The molecule has 17 heavy (non-hydrogen) atoms. The first kappa shape index (κ1) is 11.4. The molecule has 0 unspecified atom stereocenters. The summed E-state index contributed by atoms with van der Waals surface area (Å²) in [6.45, 7) is 3.94. The molecule has 1 aromatic carbocycles. The Hall–Kier alpha value is -2.10. The van der Waals surface area contributed by atoms with Crippen LogP contribution in [0.25, 0.3) is 11.4 Å². The molecule has 0 fully saturated rings. The average molecular weight is 230 g/mol. The average Bonchev–Trinajstić information content (AvgIpc) is 2.73. The van der Waals surface area contributed by atoms with Crippen LogP contribution >= 0.6 is 0 Å². The highest BCUT2D eigenvalue weighted by Gasteiger charge is 2.16. The number of aryl methyl sites for hydroxylation is 1. The summed E-state index contributed by atoms with van der Waals surface area (Å²) in [6.07, 6.45) is 0. The van der Waals surface area contributed by atoms with E-state index < -0.39 is 0 Å². The molecule has 0 atom stereocenters. The summed E-state index contributed by atoms with van der Waals surface area (Å²) in [7, 11) is 0. The fourth-order valence-electron chi connectivity index (χ4n) is 1.59. The first-order chi connectivity index (χ1) is 8.22. The predicted molar refractivity (Wildman–Crippen MR) is 64.7 cm³/mol. The number of esters is 1. The van der Waals surface area contributed by atoms with Gasteiger partial charge < -0.3 is 9.72 Å². The molecule has 4 heteroatoms. The number of aromatic amines is 1. The third-order valence-corrected chi connectivity index (χ3v) is 2.40. The van der Waals surface area contributed by atoms with Crippen LogP contribution in [0.2, 0.25) is 0 Å². The molecule has 2 aromatic rings. The normalized spacial score (nSPS) is 10.2. The van der Waals surface area contributed by atoms with Crippen molar-refractivity contribution in [2.75, 3.05) is 6.61 Å². The number of ether oxygens (including phenoxy) is 1. The number of hydrogen-bond donors (Lipinski definition) is 1. The number of nitrogens with zero attached hydrogens (tertiary/aromatic N) is 1. The van der Waals surface area contributed by atoms with E-state index in [1.807, 2.05) is 37.3 Å². The molecule has 0 spiro atoms. The van der Waals surface area contributed by atoms with Gasteiger partial charge in [0.05, 0.1) is 6.61 Å². The highest BCUT2D eigenvalue weighted by Crippen LogP contribution is 2.17. The number of H-pyrrole nitrogens is 1. The Morgan fingerprint density at radius 3 is 2.71 bits per heavy atom. The Balaban J connectivity index is 2.34. The van der Waals surface area contributed by atoms with Gasteiger partial charge in [0.15, 0.2) is 5.69 Å². The number of carbonyl (C=O) groups is 1. The summed E-state index contributed by atoms with van der Waals surface area (Å²) in [5, 5.41) is 0. The smallest absolute Gasteiger partial charge is 0.358 e. The number of carbonyl (C=O) groups excluding carboxylic acids is 1. The van der Waals surface area contributed by atoms with Crippen molar-refractivity contribution >= 4 is 5.97 Å². The number of rotatable bonds is 3. The fourth-order valence-corrected chi connectivity index (χ4v) is 1.59. The summed E-state index contributed by atoms with van der Waals surface area (Å²) in [4.78, 5) is 19.0. The molecule has 0 bridgehead atoms. The molecule has 0 aliphatic heterocycles. The van der Waals surface area contributed by atoms with E-state index in [4.69, 9.17) is 4.74 Å². The standard InChI is InChI=1S/C13H14N2O2/c1-3-17-13(16)11-9(2)14-12(15-11)10-7-5-4-6-8-10/h4-8H,3H2,1-2H3,(H,14,15). The molecule has 4 nitrogen and oxygen atoms in total. The summed E-state index contributed by atoms with van der Waals surface area (Å²) in [5.41, 5.74) is 2.03. The summed E-state index contributed by atoms with van der Waals surface area (Å²) in [6, 6.07) is 9.67. The second-order valence-corrected chi connectivity index (χ2v) is 3.65. The van der Waals surface area contributed by atoms with E-state index in [2.05, 4.69) is 9.97 Å². The summed E-state index contributed by atoms with van der Waals surface area (Å²) >= 11 is 0. The molecule has 1 aromatic heterocycles. The lowest BCUT2D eigenvalue weighted by atomic mass is 10.2. The highest BCUT2D eigenvalue weighted by molar-refractivity contribution is 5.89. The lowest BCUT2D eigenvalue weighted by Crippen LogP contribution is -2.06. The quantitative estimate of drug-likeness (QED) is 0.824. The first-order valence-electron chi connectivity index (χ1n) is 5.51. The molecule has 0 aliphatic rings. The maximum atomic E-state index is 11.6. The lowest BCUT2D eigenvalue weighted by Gasteiger charge is -1.97. The van der Waals surface area contributed by atoms with E-state index in [9.17, 15) is 4.79 Å². The van der Waals surface area contributed by atoms with E-state index in [0.29, 0.717) is 18.1 Å². The van der Waals surface area contributed by atoms with Crippen LogP contribution < -0.4 is 0 Å². The molecule has 2 rings (SSSR count). The Morgan fingerprint density at radius 1 is 1.35 bits per heavy atom. The van der Waals surface area contributed by atoms with Crippen molar-refractivity contribution in [1.82, 2.24) is 9.97 Å². The second-order valence-electron chi connectivity index (χ2n) is 3.65. The first-order valence-corrected chi connectivity index (χ1v) is 5.51. The van der Waals surface area contributed by atoms with E-state index in [0.717, 1.165) is 11.3 Å². The molecule has 0 saturated carbocycles. The van der Waals surface area contributed by atoms with Crippen molar-refractivity contribution in [1.29, 1.82) is 0 Å². The Morgan fingerprint density at radius 2 is 2.06 bits per heavy atom. The molecule has 1 heterocycles. The predicted octanol–water partition coefficient (Wildman–Crippen LogP) is 2.56. The lowest BCUT2D eigenvalue weighted by molar-refractivity contribution is 0.0519. The van der Waals surface area contributed by atoms with Gasteiger partial charge in [-0.3, -0.25) is 0 Å². The monoisotopic (exact) mass is 230 g/mol. The van der Waals surface area contributed by atoms with Gasteiger partial charge in [-0.15, -0.1) is 0 Å². The van der Waals surface area contributed by atoms with Crippen molar-refractivity contribution in [2.45, 2.75) is 13.8 Å². The Bertz CT molecular complexity index is 517. The molecular weight excluding hydrogens is 216 g/mol. The number of imidazole rings is 1. The van der Waals surface area contributed by atoms with E-state index in [-0.39, 0.29) is 5.97 Å². The number of nitrogens with one attached hydrogen (secondary N) is 1. The zero-order valence-corrected chi connectivity index (χ0v) is 9.86. The third kappa shape index (κ3) is 2.36. The zero-order chi connectivity index (χ0) is 12.3. The van der Waals surface area contributed by atoms with Crippen LogP contribution in [0.3, 0.4) is 0 Å². The van der Waals surface area contributed by atoms with Gasteiger partial charge in [-0.25, -0.2) is 9.78 Å². The van der Waals surface area contributed by atoms with Gasteiger partial charge in [0, 0.05) is 11.3 Å². The molecule has 0 radical (unpaired) electrons. The van der Waals surface area contributed by atoms with Gasteiger partial charge in [0.25, 0.3) is 0 Å². The molecule has 1 N–H and O–H groups in total. The van der Waals surface area contributed by atoms with Crippen LogP contribution in [0.15, 0.2) is 30.3 Å². The molecule has 0 aliphatic carbocycles. The molecular formula is C13H14N2O2. The number of aromatic nitrogens is 2. The van der Waals surface area contributed by atoms with Crippen molar-refractivity contribution in [2.24, 2.45) is 0 Å². The van der Waals surface area contributed by atoms with Crippen molar-refractivity contribution in [3.8, 4) is 11.4 Å². The van der Waals surface area contributed by atoms with Gasteiger partial charge in [-0.1, -0.05) is 30.3 Å². The summed E-state index contributed by atoms with van der Waals surface area (Å²) < 4.78 is 4.94. The number of hydrogen-bond acceptors (Lipinski definition) is 3. The van der Waals surface area contributed by atoms with E-state index in [1.54, 1.807) is 6.92 Å². The fraction of sp³-hybridized carbons (Fsp3) is 0.231. The zero-order valence-electron chi connectivity index (χ0n) is 9.86. The maximum Gasteiger partial charge on any atom is 0.358 e. The largest absolute Gasteiger partial charge is 0.461 e. The van der Waals surface area contributed by atoms with Crippen LogP contribution in [-0.4, -0.2) is 22.5 Å². The van der Waals surface area contributed by atoms with Crippen LogP contribution in [0.4, 0.5) is 0 Å². The van der Waals surface area contributed by atoms with Gasteiger partial charge in [-0.2, -0.15) is 0 Å². The van der Waals surface area contributed by atoms with Crippen LogP contribution in [-0.2, 0) is 4.74 Å². The van der Waals surface area contributed by atoms with Crippen LogP contribution in [0.1, 0.15) is 23.1 Å². The van der Waals surface area contributed by atoms with Crippen molar-refractivity contribution in [3.05, 3.63) is 41.7 Å². The minimum absolute atomic E-state index is 0.353. The topological polar surface area (TPSA) is 55.0 Å². The molecule has 0 saturated heterocycles. The van der Waals surface area contributed by atoms with E-state index >= 15 is 0 Å². The second kappa shape index (κ2) is 4.82. The van der Waals surface area contributed by atoms with E-state index in [1.165, 1.54) is 0 Å². The van der Waals surface area contributed by atoms with Gasteiger partial charge >= 0.3 is 5.97 Å². The minimum Gasteiger partial charge on any atom is -0.461 e.